The van der Waals surface area contributed by atoms with Gasteiger partial charge in [0.2, 0.25) is 0 Å². The van der Waals surface area contributed by atoms with Crippen LogP contribution in [0.2, 0.25) is 0 Å². The highest BCUT2D eigenvalue weighted by molar-refractivity contribution is 7.99. The predicted molar refractivity (Wildman–Crippen MR) is 46.2 cm³/mol. The summed E-state index contributed by atoms with van der Waals surface area (Å²) in [5.41, 5.74) is 0. The van der Waals surface area contributed by atoms with Crippen molar-refractivity contribution in [1.29, 1.82) is 0 Å². The Balaban J connectivity index is 3.27. The number of hydrogen-bond donors (Lipinski definition) is 2. The molecule has 0 aliphatic heterocycles. The lowest BCUT2D eigenvalue weighted by molar-refractivity contribution is -0.114. The van der Waals surface area contributed by atoms with Gasteiger partial charge in [-0.25, -0.2) is 0 Å². The minimum absolute atomic E-state index is 0.00824. The van der Waals surface area contributed by atoms with Gasteiger partial charge in [-0.3, -0.25) is 4.79 Å². The summed E-state index contributed by atoms with van der Waals surface area (Å²) in [5, 5.41) is 0. The first-order valence-corrected chi connectivity index (χ1v) is 3.71. The molecule has 0 aromatic heterocycles. The molecule has 0 heterocycles. The van der Waals surface area contributed by atoms with Gasteiger partial charge in [0.1, 0.15) is 0 Å². The van der Waals surface area contributed by atoms with Crippen LogP contribution in [0.25, 0.3) is 0 Å². The van der Waals surface area contributed by atoms with Crippen LogP contribution in [0.15, 0.2) is 12.7 Å². The molecule has 0 spiro atoms. The second-order valence-corrected chi connectivity index (χ2v) is 3.34. The molecule has 9 heavy (non-hydrogen) atoms. The third-order valence-corrected chi connectivity index (χ3v) is 1.39. The number of ketones is 1. The van der Waals surface area contributed by atoms with Gasteiger partial charge in [-0.2, -0.15) is 25.3 Å². The first-order valence-electron chi connectivity index (χ1n) is 2.68. The average Bonchev–Trinajstić information content (AvgIpc) is 1.83. The van der Waals surface area contributed by atoms with Gasteiger partial charge >= 0.3 is 0 Å². The van der Waals surface area contributed by atoms with Crippen molar-refractivity contribution >= 4 is 31.0 Å². The zero-order chi connectivity index (χ0) is 7.28. The van der Waals surface area contributed by atoms with E-state index in [0.29, 0.717) is 12.8 Å². The Bertz CT molecular complexity index is 110. The summed E-state index contributed by atoms with van der Waals surface area (Å²) in [7, 11) is 0. The van der Waals surface area contributed by atoms with E-state index in [4.69, 9.17) is 0 Å². The summed E-state index contributed by atoms with van der Waals surface area (Å²) >= 11 is 7.98. The van der Waals surface area contributed by atoms with E-state index in [2.05, 4.69) is 31.8 Å². The Morgan fingerprint density at radius 1 is 1.67 bits per heavy atom. The van der Waals surface area contributed by atoms with Crippen LogP contribution in [0.4, 0.5) is 0 Å². The lowest BCUT2D eigenvalue weighted by Gasteiger charge is -1.97. The Morgan fingerprint density at radius 2 is 2.22 bits per heavy atom. The largest absolute Gasteiger partial charge is 0.295 e. The minimum Gasteiger partial charge on any atom is -0.295 e. The number of thiol groups is 2. The topological polar surface area (TPSA) is 17.1 Å². The van der Waals surface area contributed by atoms with Gasteiger partial charge in [0.25, 0.3) is 0 Å². The zero-order valence-electron chi connectivity index (χ0n) is 5.08. The fourth-order valence-electron chi connectivity index (χ4n) is 0.373. The van der Waals surface area contributed by atoms with Crippen LogP contribution in [-0.2, 0) is 4.79 Å². The van der Waals surface area contributed by atoms with Crippen molar-refractivity contribution in [2.75, 3.05) is 0 Å². The first-order chi connectivity index (χ1) is 4.16. The molecule has 0 atom stereocenters. The molecule has 0 fully saturated rings. The molecule has 0 saturated carbocycles. The van der Waals surface area contributed by atoms with E-state index >= 15 is 0 Å². The Kier molecular flexibility index (Phi) is 5.00. The Morgan fingerprint density at radius 3 is 2.56 bits per heavy atom. The van der Waals surface area contributed by atoms with Crippen molar-refractivity contribution < 1.29 is 4.79 Å². The summed E-state index contributed by atoms with van der Waals surface area (Å²) in [6, 6.07) is 0. The Hall–Kier alpha value is 0.110. The first kappa shape index (κ1) is 9.11. The fourth-order valence-corrected chi connectivity index (χ4v) is 0.632. The highest BCUT2D eigenvalue weighted by Crippen LogP contribution is 2.08. The van der Waals surface area contributed by atoms with Gasteiger partial charge in [-0.05, 0) is 12.5 Å². The van der Waals surface area contributed by atoms with Crippen molar-refractivity contribution in [2.45, 2.75) is 17.4 Å². The molecular weight excluding hydrogens is 152 g/mol. The smallest absolute Gasteiger partial charge is 0.155 e. The maximum Gasteiger partial charge on any atom is 0.155 e. The predicted octanol–water partition coefficient (Wildman–Crippen LogP) is 1.71. The molecule has 52 valence electrons. The van der Waals surface area contributed by atoms with E-state index in [1.54, 1.807) is 0 Å². The van der Waals surface area contributed by atoms with Crippen LogP contribution in [-0.4, -0.2) is 10.4 Å². The van der Waals surface area contributed by atoms with E-state index in [-0.39, 0.29) is 10.4 Å². The number of allylic oxidation sites excluding steroid dienone is 1. The summed E-state index contributed by atoms with van der Waals surface area (Å²) in [6.07, 6.45) is 2.53. The molecule has 0 bridgehead atoms. The normalized spacial score (nSPS) is 9.67. The summed E-state index contributed by atoms with van der Waals surface area (Å²) in [4.78, 5) is 10.5. The van der Waals surface area contributed by atoms with Crippen LogP contribution >= 0.6 is 25.3 Å². The molecule has 1 nitrogen and oxygen atoms in total. The molecule has 0 aromatic carbocycles. The quantitative estimate of drug-likeness (QED) is 0.365. The van der Waals surface area contributed by atoms with Crippen LogP contribution in [0.5, 0.6) is 0 Å². The van der Waals surface area contributed by atoms with Gasteiger partial charge in [-0.15, -0.1) is 0 Å². The third kappa shape index (κ3) is 5.99. The maximum atomic E-state index is 10.5. The highest BCUT2D eigenvalue weighted by atomic mass is 32.2. The molecule has 0 amide bonds. The second kappa shape index (κ2) is 4.94. The summed E-state index contributed by atoms with van der Waals surface area (Å²) in [5.74, 6) is 0.0584. The van der Waals surface area contributed by atoms with Gasteiger partial charge in [0.05, 0.1) is 0 Å². The molecule has 0 saturated heterocycles. The van der Waals surface area contributed by atoms with Crippen LogP contribution in [0.1, 0.15) is 12.8 Å². The standard InChI is InChI=1S/C6H10OS2/c1-2-5(7)3-4-6(8)9/h2,6,8-9H,1,3-4H2. The molecule has 0 N–H and O–H groups in total. The van der Waals surface area contributed by atoms with Gasteiger partial charge in [-0.1, -0.05) is 6.58 Å². The summed E-state index contributed by atoms with van der Waals surface area (Å²) in [6.45, 7) is 3.34. The maximum absolute atomic E-state index is 10.5. The lowest BCUT2D eigenvalue weighted by atomic mass is 10.2. The number of rotatable bonds is 4. The molecule has 3 heteroatoms. The van der Waals surface area contributed by atoms with E-state index in [9.17, 15) is 4.79 Å². The number of carbonyl (C=O) groups excluding carboxylic acids is 1. The van der Waals surface area contributed by atoms with Crippen molar-refractivity contribution in [2.24, 2.45) is 0 Å². The van der Waals surface area contributed by atoms with Crippen LogP contribution < -0.4 is 0 Å². The second-order valence-electron chi connectivity index (χ2n) is 1.69. The van der Waals surface area contributed by atoms with E-state index in [1.165, 1.54) is 6.08 Å². The van der Waals surface area contributed by atoms with Gasteiger partial charge in [0, 0.05) is 11.0 Å². The monoisotopic (exact) mass is 162 g/mol. The van der Waals surface area contributed by atoms with Gasteiger partial charge < -0.3 is 0 Å². The zero-order valence-corrected chi connectivity index (χ0v) is 6.87. The van der Waals surface area contributed by atoms with E-state index < -0.39 is 0 Å². The van der Waals surface area contributed by atoms with Gasteiger partial charge in [0.15, 0.2) is 5.78 Å². The van der Waals surface area contributed by atoms with E-state index in [0.717, 1.165) is 0 Å². The SMILES string of the molecule is C=CC(=O)CCC(S)S. The minimum atomic E-state index is 0.00824. The molecule has 0 radical (unpaired) electrons. The van der Waals surface area contributed by atoms with Crippen molar-refractivity contribution in [3.8, 4) is 0 Å². The lowest BCUT2D eigenvalue weighted by Crippen LogP contribution is -1.95. The molecule has 0 unspecified atom stereocenters. The van der Waals surface area contributed by atoms with E-state index in [1.807, 2.05) is 0 Å². The fraction of sp³-hybridized carbons (Fsp3) is 0.500. The third-order valence-electron chi connectivity index (χ3n) is 0.877. The molecular formula is C6H10OS2. The van der Waals surface area contributed by atoms with Crippen molar-refractivity contribution in [3.05, 3.63) is 12.7 Å². The Labute approximate surface area is 66.3 Å². The summed E-state index contributed by atoms with van der Waals surface area (Å²) < 4.78 is 0.00824. The number of carbonyl (C=O) groups is 1. The molecule has 0 aromatic rings. The molecule has 0 aliphatic rings. The average molecular weight is 162 g/mol. The highest BCUT2D eigenvalue weighted by Gasteiger charge is 1.98. The van der Waals surface area contributed by atoms with Crippen molar-refractivity contribution in [1.82, 2.24) is 0 Å². The van der Waals surface area contributed by atoms with Crippen LogP contribution in [0, 0.1) is 0 Å². The van der Waals surface area contributed by atoms with Crippen LogP contribution in [0.3, 0.4) is 0 Å². The molecule has 0 rings (SSSR count). The molecule has 0 aliphatic carbocycles. The van der Waals surface area contributed by atoms with Crippen molar-refractivity contribution in [3.63, 3.8) is 0 Å². The number of hydrogen-bond acceptors (Lipinski definition) is 3.